The lowest BCUT2D eigenvalue weighted by Crippen LogP contribution is -2.24. The third-order valence-corrected chi connectivity index (χ3v) is 3.77. The maximum Gasteiger partial charge on any atom is 0.153 e. The Bertz CT molecular complexity index is 603. The van der Waals surface area contributed by atoms with Crippen molar-refractivity contribution < 1.29 is 24.8 Å². The highest BCUT2D eigenvalue weighted by atomic mass is 16.7. The van der Waals surface area contributed by atoms with E-state index in [1.165, 1.54) is 6.08 Å². The molecule has 5 nitrogen and oxygen atoms in total. The van der Waals surface area contributed by atoms with E-state index in [4.69, 9.17) is 9.47 Å². The number of hydrogen-bond donors (Lipinski definition) is 3. The standard InChI is InChI=1S/C14H12O5/c15-8-3-1-7(2-4-8)11-13(18-11)14-6-9(16)5-10(17)12(14)19-14/h1-6,11-13,15-17H. The van der Waals surface area contributed by atoms with Crippen LogP contribution in [0.4, 0.5) is 0 Å². The molecule has 0 bridgehead atoms. The van der Waals surface area contributed by atoms with Gasteiger partial charge in [-0.1, -0.05) is 12.1 Å². The Morgan fingerprint density at radius 1 is 1.05 bits per heavy atom. The number of phenolic OH excluding ortho intramolecular Hbond substituents is 1. The lowest BCUT2D eigenvalue weighted by Gasteiger charge is -2.09. The summed E-state index contributed by atoms with van der Waals surface area (Å²) in [5.74, 6) is 0.224. The second kappa shape index (κ2) is 3.31. The summed E-state index contributed by atoms with van der Waals surface area (Å²) >= 11 is 0. The number of aliphatic hydroxyl groups is 2. The lowest BCUT2D eigenvalue weighted by molar-refractivity contribution is 0.261. The number of rotatable bonds is 2. The molecule has 4 atom stereocenters. The van der Waals surface area contributed by atoms with Gasteiger partial charge in [-0.3, -0.25) is 0 Å². The summed E-state index contributed by atoms with van der Waals surface area (Å²) in [5, 5.41) is 28.5. The minimum Gasteiger partial charge on any atom is -0.509 e. The van der Waals surface area contributed by atoms with E-state index in [0.29, 0.717) is 0 Å². The van der Waals surface area contributed by atoms with Crippen LogP contribution in [0.3, 0.4) is 0 Å². The molecule has 0 saturated carbocycles. The largest absolute Gasteiger partial charge is 0.509 e. The van der Waals surface area contributed by atoms with Crippen LogP contribution >= 0.6 is 0 Å². The van der Waals surface area contributed by atoms with Gasteiger partial charge >= 0.3 is 0 Å². The maximum atomic E-state index is 9.67. The number of fused-ring (bicyclic) bond motifs is 1. The normalized spacial score (nSPS) is 39.1. The Morgan fingerprint density at radius 3 is 2.53 bits per heavy atom. The molecule has 98 valence electrons. The summed E-state index contributed by atoms with van der Waals surface area (Å²) in [4.78, 5) is 0. The zero-order valence-electron chi connectivity index (χ0n) is 9.85. The number of aromatic hydroxyl groups is 1. The van der Waals surface area contributed by atoms with Crippen molar-refractivity contribution in [2.75, 3.05) is 0 Å². The Kier molecular flexibility index (Phi) is 1.90. The molecule has 4 unspecified atom stereocenters. The van der Waals surface area contributed by atoms with Crippen molar-refractivity contribution in [3.63, 3.8) is 0 Å². The van der Waals surface area contributed by atoms with Crippen molar-refractivity contribution in [1.29, 1.82) is 0 Å². The molecular formula is C14H12O5. The summed E-state index contributed by atoms with van der Waals surface area (Å²) in [6.45, 7) is 0. The summed E-state index contributed by atoms with van der Waals surface area (Å²) in [7, 11) is 0. The zero-order chi connectivity index (χ0) is 13.2. The van der Waals surface area contributed by atoms with Gasteiger partial charge in [-0.2, -0.15) is 0 Å². The minimum atomic E-state index is -0.745. The molecule has 0 aromatic heterocycles. The van der Waals surface area contributed by atoms with Gasteiger partial charge in [-0.25, -0.2) is 0 Å². The molecule has 2 fully saturated rings. The average molecular weight is 260 g/mol. The van der Waals surface area contributed by atoms with E-state index in [9.17, 15) is 15.3 Å². The molecule has 4 rings (SSSR count). The van der Waals surface area contributed by atoms with Crippen molar-refractivity contribution in [3.05, 3.63) is 53.5 Å². The smallest absolute Gasteiger partial charge is 0.153 e. The highest BCUT2D eigenvalue weighted by Crippen LogP contribution is 2.59. The van der Waals surface area contributed by atoms with E-state index in [0.717, 1.165) is 5.56 Å². The Balaban J connectivity index is 1.58. The van der Waals surface area contributed by atoms with Gasteiger partial charge in [0.2, 0.25) is 0 Å². The maximum absolute atomic E-state index is 9.67. The van der Waals surface area contributed by atoms with Gasteiger partial charge in [-0.05, 0) is 23.8 Å². The number of benzene rings is 1. The molecule has 2 heterocycles. The Morgan fingerprint density at radius 2 is 1.79 bits per heavy atom. The van der Waals surface area contributed by atoms with Gasteiger partial charge in [0.15, 0.2) is 11.7 Å². The SMILES string of the molecule is OC1=CC2(C3OC3c3ccc(O)cc3)OC2C(O)=C1. The molecule has 1 aromatic rings. The van der Waals surface area contributed by atoms with Crippen LogP contribution in [0, 0.1) is 0 Å². The molecule has 3 aliphatic rings. The first kappa shape index (κ1) is 10.9. The molecule has 0 spiro atoms. The van der Waals surface area contributed by atoms with Crippen LogP contribution in [0.2, 0.25) is 0 Å². The van der Waals surface area contributed by atoms with Gasteiger partial charge in [0.25, 0.3) is 0 Å². The van der Waals surface area contributed by atoms with Gasteiger partial charge in [-0.15, -0.1) is 0 Å². The van der Waals surface area contributed by atoms with Crippen molar-refractivity contribution in [1.82, 2.24) is 0 Å². The number of hydrogen-bond acceptors (Lipinski definition) is 5. The Hall–Kier alpha value is -1.98. The third kappa shape index (κ3) is 1.49. The molecule has 2 aliphatic heterocycles. The first-order chi connectivity index (χ1) is 9.10. The first-order valence-electron chi connectivity index (χ1n) is 6.05. The van der Waals surface area contributed by atoms with Crippen LogP contribution in [0.5, 0.6) is 5.75 Å². The molecule has 3 N–H and O–H groups in total. The highest BCUT2D eigenvalue weighted by molar-refractivity contribution is 5.43. The second-order valence-corrected chi connectivity index (χ2v) is 5.06. The third-order valence-electron chi connectivity index (χ3n) is 3.77. The van der Waals surface area contributed by atoms with E-state index in [1.54, 1.807) is 30.3 Å². The minimum absolute atomic E-state index is 0.00814. The molecule has 0 amide bonds. The van der Waals surface area contributed by atoms with Crippen molar-refractivity contribution in [3.8, 4) is 5.75 Å². The van der Waals surface area contributed by atoms with Crippen molar-refractivity contribution in [2.24, 2.45) is 0 Å². The molecular weight excluding hydrogens is 248 g/mol. The zero-order valence-corrected chi connectivity index (χ0v) is 9.85. The fourth-order valence-corrected chi connectivity index (χ4v) is 2.74. The molecule has 19 heavy (non-hydrogen) atoms. The van der Waals surface area contributed by atoms with Crippen LogP contribution in [0.1, 0.15) is 11.7 Å². The quantitative estimate of drug-likeness (QED) is 0.707. The van der Waals surface area contributed by atoms with E-state index in [1.807, 2.05) is 0 Å². The van der Waals surface area contributed by atoms with E-state index < -0.39 is 11.7 Å². The number of aliphatic hydroxyl groups excluding tert-OH is 2. The van der Waals surface area contributed by atoms with Crippen molar-refractivity contribution >= 4 is 0 Å². The molecule has 1 aliphatic carbocycles. The van der Waals surface area contributed by atoms with Gasteiger partial charge in [0, 0.05) is 6.08 Å². The van der Waals surface area contributed by atoms with Crippen LogP contribution in [0.25, 0.3) is 0 Å². The fraction of sp³-hybridized carbons (Fsp3) is 0.286. The van der Waals surface area contributed by atoms with Crippen LogP contribution in [-0.2, 0) is 9.47 Å². The number of phenols is 1. The van der Waals surface area contributed by atoms with Gasteiger partial charge < -0.3 is 24.8 Å². The summed E-state index contributed by atoms with van der Waals surface area (Å²) in [6.07, 6.45) is 2.09. The van der Waals surface area contributed by atoms with Crippen LogP contribution in [0.15, 0.2) is 47.9 Å². The fourth-order valence-electron chi connectivity index (χ4n) is 2.74. The Labute approximate surface area is 109 Å². The average Bonchev–Trinajstić information content (AvgIpc) is 3.21. The van der Waals surface area contributed by atoms with E-state index in [-0.39, 0.29) is 29.5 Å². The van der Waals surface area contributed by atoms with E-state index in [2.05, 4.69) is 0 Å². The summed E-state index contributed by atoms with van der Waals surface area (Å²) in [6, 6.07) is 6.78. The van der Waals surface area contributed by atoms with Gasteiger partial charge in [0.1, 0.15) is 29.5 Å². The topological polar surface area (TPSA) is 85.8 Å². The number of allylic oxidation sites excluding steroid dienone is 1. The predicted octanol–water partition coefficient (Wildman–Crippen LogP) is 1.87. The summed E-state index contributed by atoms with van der Waals surface area (Å²) in [5.41, 5.74) is 0.194. The van der Waals surface area contributed by atoms with Crippen molar-refractivity contribution in [2.45, 2.75) is 23.9 Å². The second-order valence-electron chi connectivity index (χ2n) is 5.06. The molecule has 5 heteroatoms. The number of epoxide rings is 2. The monoisotopic (exact) mass is 260 g/mol. The molecule has 0 radical (unpaired) electrons. The predicted molar refractivity (Wildman–Crippen MR) is 64.7 cm³/mol. The molecule has 1 aromatic carbocycles. The van der Waals surface area contributed by atoms with Crippen LogP contribution < -0.4 is 0 Å². The molecule has 2 saturated heterocycles. The van der Waals surface area contributed by atoms with E-state index >= 15 is 0 Å². The summed E-state index contributed by atoms with van der Waals surface area (Å²) < 4.78 is 11.1. The highest BCUT2D eigenvalue weighted by Gasteiger charge is 2.71. The first-order valence-corrected chi connectivity index (χ1v) is 6.05. The van der Waals surface area contributed by atoms with Gasteiger partial charge in [0.05, 0.1) is 0 Å². The van der Waals surface area contributed by atoms with Crippen LogP contribution in [-0.4, -0.2) is 33.1 Å². The number of ether oxygens (including phenoxy) is 2. The lowest BCUT2D eigenvalue weighted by atomic mass is 9.91.